The molecule has 30 heavy (non-hydrogen) atoms. The minimum absolute atomic E-state index is 0.234. The largest absolute Gasteiger partial charge is 0.388 e. The van der Waals surface area contributed by atoms with E-state index in [2.05, 4.69) is 6.92 Å². The van der Waals surface area contributed by atoms with E-state index >= 15 is 0 Å². The highest BCUT2D eigenvalue weighted by molar-refractivity contribution is 7.99. The van der Waals surface area contributed by atoms with Gasteiger partial charge in [-0.1, -0.05) is 26.2 Å². The summed E-state index contributed by atoms with van der Waals surface area (Å²) in [6.07, 6.45) is 0.598. The van der Waals surface area contributed by atoms with Crippen LogP contribution in [0.15, 0.2) is 0 Å². The van der Waals surface area contributed by atoms with E-state index in [-0.39, 0.29) is 13.2 Å². The van der Waals surface area contributed by atoms with Gasteiger partial charge in [-0.3, -0.25) is 0 Å². The second-order valence-electron chi connectivity index (χ2n) is 7.16. The Morgan fingerprint density at radius 2 is 1.47 bits per heavy atom. The zero-order chi connectivity index (χ0) is 22.0. The van der Waals surface area contributed by atoms with Crippen molar-refractivity contribution in [3.8, 4) is 0 Å². The van der Waals surface area contributed by atoms with E-state index < -0.39 is 30.7 Å². The minimum Gasteiger partial charge on any atom is -0.388 e. The van der Waals surface area contributed by atoms with E-state index in [0.29, 0.717) is 45.3 Å². The number of ether oxygens (including phenoxy) is 5. The van der Waals surface area contributed by atoms with Gasteiger partial charge in [0, 0.05) is 18.8 Å². The molecule has 10 heteroatoms. The maximum absolute atomic E-state index is 10.8. The smallest absolute Gasteiger partial charge is 0.184 e. The van der Waals surface area contributed by atoms with E-state index in [1.807, 2.05) is 0 Å². The molecular weight excluding hydrogens is 412 g/mol. The Kier molecular flexibility index (Phi) is 17.3. The Labute approximate surface area is 185 Å². The molecule has 0 aliphatic carbocycles. The van der Waals surface area contributed by atoms with Crippen molar-refractivity contribution in [2.24, 2.45) is 11.5 Å². The maximum Gasteiger partial charge on any atom is 0.184 e. The topological polar surface area (TPSA) is 139 Å². The molecule has 0 aromatic rings. The number of nitrogens with two attached hydrogens (primary N) is 2. The average Bonchev–Trinajstić information content (AvgIpc) is 2.74. The minimum atomic E-state index is -1.19. The third-order valence-corrected chi connectivity index (χ3v) is 5.80. The summed E-state index contributed by atoms with van der Waals surface area (Å²) in [5.41, 5.74) is 10.8. The molecule has 1 aliphatic heterocycles. The number of aliphatic hydroxyl groups is 2. The molecule has 0 amide bonds. The van der Waals surface area contributed by atoms with Crippen LogP contribution in [-0.2, 0) is 23.7 Å². The van der Waals surface area contributed by atoms with Crippen LogP contribution in [0, 0.1) is 0 Å². The van der Waals surface area contributed by atoms with Crippen LogP contribution in [-0.4, -0.2) is 105 Å². The molecule has 1 fully saturated rings. The molecule has 6 N–H and O–H groups in total. The van der Waals surface area contributed by atoms with E-state index in [1.54, 1.807) is 11.8 Å². The predicted octanol–water partition coefficient (Wildman–Crippen LogP) is 0.0990. The maximum atomic E-state index is 10.8. The molecule has 1 aliphatic rings. The van der Waals surface area contributed by atoms with E-state index in [1.165, 1.54) is 19.3 Å². The number of thioether (sulfide) groups is 1. The number of aliphatic hydroxyl groups excluding tert-OH is 2. The lowest BCUT2D eigenvalue weighted by Crippen LogP contribution is -2.60. The molecule has 1 heterocycles. The molecule has 0 radical (unpaired) electrons. The first-order valence-electron chi connectivity index (χ1n) is 11.0. The van der Waals surface area contributed by atoms with Gasteiger partial charge in [0.2, 0.25) is 0 Å². The van der Waals surface area contributed by atoms with Gasteiger partial charge in [0.05, 0.1) is 45.7 Å². The van der Waals surface area contributed by atoms with Gasteiger partial charge in [-0.05, 0) is 12.2 Å². The molecule has 0 unspecified atom stereocenters. The van der Waals surface area contributed by atoms with Crippen LogP contribution in [0.5, 0.6) is 0 Å². The van der Waals surface area contributed by atoms with Crippen LogP contribution in [0.4, 0.5) is 0 Å². The SMILES string of the molecule is CCCCCCSC[C@H]1O[C@@H](O)[C@H](OCCOCCN)[C@@H](OCCOCCN)[C@@H]1O. The predicted molar refractivity (Wildman–Crippen MR) is 118 cm³/mol. The molecular formula is C20H42N2O7S. The van der Waals surface area contributed by atoms with Crippen molar-refractivity contribution in [2.75, 3.05) is 64.2 Å². The molecule has 180 valence electrons. The molecule has 9 nitrogen and oxygen atoms in total. The Morgan fingerprint density at radius 1 is 0.833 bits per heavy atom. The lowest BCUT2D eigenvalue weighted by Gasteiger charge is -2.42. The first-order valence-corrected chi connectivity index (χ1v) is 12.2. The standard InChI is InChI=1S/C20H42N2O7S/c1-2-3-4-5-14-30-15-16-17(23)18(27-12-10-25-8-6-21)19(20(24)29-16)28-13-11-26-9-7-22/h16-20,23-24H,2-15,21-22H2,1H3/t16-,17-,18+,19-,20-/m1/s1. The van der Waals surface area contributed by atoms with E-state index in [0.717, 1.165) is 12.2 Å². The number of hydrogen-bond donors (Lipinski definition) is 4. The zero-order valence-electron chi connectivity index (χ0n) is 18.3. The van der Waals surface area contributed by atoms with Gasteiger partial charge in [-0.25, -0.2) is 0 Å². The summed E-state index contributed by atoms with van der Waals surface area (Å²) in [4.78, 5) is 0. The summed E-state index contributed by atoms with van der Waals surface area (Å²) in [6.45, 7) is 5.10. The van der Waals surface area contributed by atoms with Crippen LogP contribution >= 0.6 is 11.8 Å². The second kappa shape index (κ2) is 18.6. The third kappa shape index (κ3) is 11.6. The summed E-state index contributed by atoms with van der Waals surface area (Å²) in [7, 11) is 0. The van der Waals surface area contributed by atoms with Crippen molar-refractivity contribution in [1.29, 1.82) is 0 Å². The van der Waals surface area contributed by atoms with Crippen LogP contribution in [0.1, 0.15) is 32.6 Å². The Hall–Kier alpha value is -0.0100. The molecule has 1 rings (SSSR count). The summed E-state index contributed by atoms with van der Waals surface area (Å²) < 4.78 is 27.9. The first kappa shape index (κ1) is 28.0. The van der Waals surface area contributed by atoms with Gasteiger partial charge in [-0.2, -0.15) is 11.8 Å². The number of rotatable bonds is 19. The van der Waals surface area contributed by atoms with Crippen molar-refractivity contribution in [3.05, 3.63) is 0 Å². The van der Waals surface area contributed by atoms with Crippen molar-refractivity contribution in [2.45, 2.75) is 63.3 Å². The number of hydrogen-bond acceptors (Lipinski definition) is 10. The summed E-state index contributed by atoms with van der Waals surface area (Å²) in [6, 6.07) is 0. The Bertz CT molecular complexity index is 398. The molecule has 0 spiro atoms. The van der Waals surface area contributed by atoms with Crippen LogP contribution in [0.25, 0.3) is 0 Å². The first-order chi connectivity index (χ1) is 14.7. The van der Waals surface area contributed by atoms with Gasteiger partial charge in [-0.15, -0.1) is 0 Å². The van der Waals surface area contributed by atoms with Gasteiger partial charge >= 0.3 is 0 Å². The van der Waals surface area contributed by atoms with Gasteiger partial charge in [0.1, 0.15) is 18.3 Å². The summed E-state index contributed by atoms with van der Waals surface area (Å²) in [5, 5.41) is 21.3. The van der Waals surface area contributed by atoms with Crippen molar-refractivity contribution in [3.63, 3.8) is 0 Å². The Morgan fingerprint density at radius 3 is 2.07 bits per heavy atom. The number of unbranched alkanes of at least 4 members (excludes halogenated alkanes) is 3. The monoisotopic (exact) mass is 454 g/mol. The van der Waals surface area contributed by atoms with Crippen molar-refractivity contribution >= 4 is 11.8 Å². The molecule has 0 bridgehead atoms. The molecule has 1 saturated heterocycles. The lowest BCUT2D eigenvalue weighted by atomic mass is 9.99. The summed E-state index contributed by atoms with van der Waals surface area (Å²) in [5.74, 6) is 1.58. The second-order valence-corrected chi connectivity index (χ2v) is 8.31. The fourth-order valence-corrected chi connectivity index (χ4v) is 4.18. The van der Waals surface area contributed by atoms with Gasteiger partial charge in [0.15, 0.2) is 6.29 Å². The van der Waals surface area contributed by atoms with E-state index in [4.69, 9.17) is 35.2 Å². The van der Waals surface area contributed by atoms with Crippen LogP contribution < -0.4 is 11.5 Å². The quantitative estimate of drug-likeness (QED) is 0.199. The van der Waals surface area contributed by atoms with Crippen molar-refractivity contribution in [1.82, 2.24) is 0 Å². The van der Waals surface area contributed by atoms with Crippen molar-refractivity contribution < 1.29 is 33.9 Å². The normalized spacial score (nSPS) is 26.9. The highest BCUT2D eigenvalue weighted by atomic mass is 32.2. The summed E-state index contributed by atoms with van der Waals surface area (Å²) >= 11 is 1.72. The third-order valence-electron chi connectivity index (χ3n) is 4.66. The highest BCUT2D eigenvalue weighted by Crippen LogP contribution is 2.27. The van der Waals surface area contributed by atoms with E-state index in [9.17, 15) is 10.2 Å². The molecule has 0 aromatic heterocycles. The Balaban J connectivity index is 2.53. The molecule has 0 saturated carbocycles. The van der Waals surface area contributed by atoms with Gasteiger partial charge in [0.25, 0.3) is 0 Å². The zero-order valence-corrected chi connectivity index (χ0v) is 19.1. The lowest BCUT2D eigenvalue weighted by molar-refractivity contribution is -0.297. The van der Waals surface area contributed by atoms with Gasteiger partial charge < -0.3 is 45.4 Å². The fraction of sp³-hybridized carbons (Fsp3) is 1.00. The van der Waals surface area contributed by atoms with Crippen LogP contribution in [0.3, 0.4) is 0 Å². The average molecular weight is 455 g/mol. The fourth-order valence-electron chi connectivity index (χ4n) is 3.10. The molecule has 0 aromatic carbocycles. The highest BCUT2D eigenvalue weighted by Gasteiger charge is 2.46. The molecule has 5 atom stereocenters. The van der Waals surface area contributed by atoms with Crippen LogP contribution in [0.2, 0.25) is 0 Å².